The normalized spacial score (nSPS) is 11.8. The number of aryl methyl sites for hydroxylation is 1. The van der Waals surface area contributed by atoms with E-state index in [9.17, 15) is 9.59 Å². The molecule has 0 bridgehead atoms. The standard InChI is InChI=1S/C28H25N7O2.ClH/c1-17-6-10-20(11-7-17)32-28(37)33-21-5-3-4-18(14-21)8-9-19-16-31-27(29)34-25(19)24-15-22-23(35(24)2)12-13-30-26(22)36;/h3-7,10-11,14-16H,12-13H2,1-2H3,(H,30,36)(H2,29,31,34)(H2,32,33,37);1H. The molecule has 0 radical (unpaired) electrons. The number of halogens is 1. The maximum atomic E-state index is 12.4. The summed E-state index contributed by atoms with van der Waals surface area (Å²) in [4.78, 5) is 33.3. The molecule has 2 aromatic carbocycles. The Hall–Kier alpha value is -4.81. The number of aromatic nitrogens is 3. The van der Waals surface area contributed by atoms with Crippen LogP contribution in [0.15, 0.2) is 60.8 Å². The summed E-state index contributed by atoms with van der Waals surface area (Å²) in [6, 6.07) is 16.3. The molecule has 9 nitrogen and oxygen atoms in total. The van der Waals surface area contributed by atoms with Crippen molar-refractivity contribution in [2.45, 2.75) is 13.3 Å². The Balaban J connectivity index is 0.00000336. The van der Waals surface area contributed by atoms with E-state index in [1.54, 1.807) is 18.3 Å². The Bertz CT molecular complexity index is 1580. The van der Waals surface area contributed by atoms with Gasteiger partial charge in [0.1, 0.15) is 5.69 Å². The van der Waals surface area contributed by atoms with Crippen LogP contribution in [-0.2, 0) is 13.5 Å². The lowest BCUT2D eigenvalue weighted by molar-refractivity contribution is 0.0945. The Morgan fingerprint density at radius 3 is 2.61 bits per heavy atom. The fourth-order valence-corrected chi connectivity index (χ4v) is 4.19. The second-order valence-corrected chi connectivity index (χ2v) is 8.72. The third-order valence-corrected chi connectivity index (χ3v) is 6.07. The summed E-state index contributed by atoms with van der Waals surface area (Å²) in [5.41, 5.74) is 12.4. The number of urea groups is 1. The molecule has 0 unspecified atom stereocenters. The van der Waals surface area contributed by atoms with E-state index in [0.717, 1.165) is 23.4 Å². The van der Waals surface area contributed by atoms with Gasteiger partial charge < -0.3 is 26.3 Å². The van der Waals surface area contributed by atoms with E-state index < -0.39 is 0 Å². The van der Waals surface area contributed by atoms with Crippen LogP contribution in [0.4, 0.5) is 22.1 Å². The lowest BCUT2D eigenvalue weighted by Gasteiger charge is -2.14. The third-order valence-electron chi connectivity index (χ3n) is 6.07. The van der Waals surface area contributed by atoms with Gasteiger partial charge in [0.15, 0.2) is 0 Å². The molecule has 0 aliphatic carbocycles. The van der Waals surface area contributed by atoms with E-state index in [1.807, 2.05) is 61.0 Å². The van der Waals surface area contributed by atoms with Crippen LogP contribution in [-0.4, -0.2) is 33.0 Å². The zero-order valence-electron chi connectivity index (χ0n) is 20.8. The van der Waals surface area contributed by atoms with Gasteiger partial charge in [0.2, 0.25) is 5.95 Å². The quantitative estimate of drug-likeness (QED) is 0.298. The lowest BCUT2D eigenvalue weighted by atomic mass is 10.1. The number of benzene rings is 2. The van der Waals surface area contributed by atoms with Gasteiger partial charge in [-0.15, -0.1) is 12.4 Å². The number of hydrogen-bond acceptors (Lipinski definition) is 5. The number of rotatable bonds is 3. The highest BCUT2D eigenvalue weighted by Crippen LogP contribution is 2.28. The van der Waals surface area contributed by atoms with Gasteiger partial charge >= 0.3 is 6.03 Å². The van der Waals surface area contributed by atoms with Crippen molar-refractivity contribution in [3.05, 3.63) is 88.7 Å². The minimum atomic E-state index is -0.347. The number of nitrogens with zero attached hydrogens (tertiary/aromatic N) is 3. The minimum absolute atomic E-state index is 0. The van der Waals surface area contributed by atoms with Crippen LogP contribution in [0.2, 0.25) is 0 Å². The summed E-state index contributed by atoms with van der Waals surface area (Å²) in [7, 11) is 1.90. The topological polar surface area (TPSA) is 127 Å². The molecule has 0 atom stereocenters. The first-order chi connectivity index (χ1) is 17.9. The highest BCUT2D eigenvalue weighted by molar-refractivity contribution is 6.00. The minimum Gasteiger partial charge on any atom is -0.368 e. The average molecular weight is 528 g/mol. The highest BCUT2D eigenvalue weighted by atomic mass is 35.5. The van der Waals surface area contributed by atoms with Crippen molar-refractivity contribution in [1.82, 2.24) is 19.9 Å². The smallest absolute Gasteiger partial charge is 0.323 e. The van der Waals surface area contributed by atoms with E-state index in [-0.39, 0.29) is 30.3 Å². The van der Waals surface area contributed by atoms with Crippen molar-refractivity contribution in [2.75, 3.05) is 22.9 Å². The van der Waals surface area contributed by atoms with Gasteiger partial charge in [-0.1, -0.05) is 35.6 Å². The van der Waals surface area contributed by atoms with Gasteiger partial charge in [-0.3, -0.25) is 4.79 Å². The molecular weight excluding hydrogens is 502 g/mol. The number of nitrogens with two attached hydrogens (primary N) is 1. The van der Waals surface area contributed by atoms with Crippen LogP contribution < -0.4 is 21.7 Å². The SMILES string of the molecule is Cc1ccc(NC(=O)Nc2cccc(C#Cc3cnc(N)nc3-c3cc4c(n3C)CCNC4=O)c2)cc1.Cl. The van der Waals surface area contributed by atoms with Crippen molar-refractivity contribution >= 4 is 41.7 Å². The molecule has 38 heavy (non-hydrogen) atoms. The summed E-state index contributed by atoms with van der Waals surface area (Å²) < 4.78 is 1.96. The molecule has 1 aliphatic rings. The maximum Gasteiger partial charge on any atom is 0.323 e. The third kappa shape index (κ3) is 5.61. The molecule has 5 rings (SSSR count). The largest absolute Gasteiger partial charge is 0.368 e. The number of fused-ring (bicyclic) bond motifs is 1. The van der Waals surface area contributed by atoms with Gasteiger partial charge in [-0.05, 0) is 43.3 Å². The van der Waals surface area contributed by atoms with Gasteiger partial charge in [0.25, 0.3) is 5.91 Å². The molecule has 0 spiro atoms. The predicted molar refractivity (Wildman–Crippen MR) is 150 cm³/mol. The molecule has 192 valence electrons. The number of carbonyl (C=O) groups excluding carboxylic acids is 2. The summed E-state index contributed by atoms with van der Waals surface area (Å²) in [5.74, 6) is 6.26. The van der Waals surface area contributed by atoms with Crippen LogP contribution in [0, 0.1) is 18.8 Å². The van der Waals surface area contributed by atoms with Crippen molar-refractivity contribution in [3.8, 4) is 23.2 Å². The van der Waals surface area contributed by atoms with Crippen molar-refractivity contribution < 1.29 is 9.59 Å². The Labute approximate surface area is 226 Å². The predicted octanol–water partition coefficient (Wildman–Crippen LogP) is 4.12. The fourth-order valence-electron chi connectivity index (χ4n) is 4.19. The van der Waals surface area contributed by atoms with E-state index in [1.165, 1.54) is 0 Å². The van der Waals surface area contributed by atoms with E-state index in [4.69, 9.17) is 5.73 Å². The van der Waals surface area contributed by atoms with Crippen LogP contribution in [0.1, 0.15) is 32.7 Å². The zero-order valence-corrected chi connectivity index (χ0v) is 21.6. The summed E-state index contributed by atoms with van der Waals surface area (Å²) in [5, 5.41) is 8.50. The van der Waals surface area contributed by atoms with Crippen LogP contribution >= 0.6 is 12.4 Å². The Morgan fingerprint density at radius 2 is 1.84 bits per heavy atom. The molecule has 0 saturated heterocycles. The molecule has 0 saturated carbocycles. The number of nitrogens with one attached hydrogen (secondary N) is 3. The van der Waals surface area contributed by atoms with Crippen molar-refractivity contribution in [1.29, 1.82) is 0 Å². The van der Waals surface area contributed by atoms with Crippen molar-refractivity contribution in [2.24, 2.45) is 7.05 Å². The second-order valence-electron chi connectivity index (χ2n) is 8.72. The van der Waals surface area contributed by atoms with Gasteiger partial charge in [-0.25, -0.2) is 14.8 Å². The summed E-state index contributed by atoms with van der Waals surface area (Å²) in [6.45, 7) is 2.58. The van der Waals surface area contributed by atoms with Crippen LogP contribution in [0.25, 0.3) is 11.4 Å². The number of carbonyl (C=O) groups is 2. The molecular formula is C28H26ClN7O2. The molecule has 10 heteroatoms. The molecule has 2 aromatic heterocycles. The first-order valence-corrected chi connectivity index (χ1v) is 11.7. The Morgan fingerprint density at radius 1 is 1.08 bits per heavy atom. The molecule has 0 fully saturated rings. The highest BCUT2D eigenvalue weighted by Gasteiger charge is 2.24. The van der Waals surface area contributed by atoms with Crippen molar-refractivity contribution in [3.63, 3.8) is 0 Å². The lowest BCUT2D eigenvalue weighted by Crippen LogP contribution is -2.31. The maximum absolute atomic E-state index is 12.4. The molecule has 3 heterocycles. The molecule has 5 N–H and O–H groups in total. The number of anilines is 3. The Kier molecular flexibility index (Phi) is 7.65. The number of amides is 3. The van der Waals surface area contributed by atoms with E-state index in [0.29, 0.717) is 40.3 Å². The van der Waals surface area contributed by atoms with Gasteiger partial charge in [0.05, 0.1) is 16.8 Å². The van der Waals surface area contributed by atoms with Gasteiger partial charge in [-0.2, -0.15) is 0 Å². The second kappa shape index (κ2) is 11.1. The summed E-state index contributed by atoms with van der Waals surface area (Å²) in [6.07, 6.45) is 2.31. The average Bonchev–Trinajstić information content (AvgIpc) is 3.22. The molecule has 3 amide bonds. The molecule has 1 aliphatic heterocycles. The molecule has 4 aromatic rings. The fraction of sp³-hybridized carbons (Fsp3) is 0.143. The van der Waals surface area contributed by atoms with E-state index >= 15 is 0 Å². The van der Waals surface area contributed by atoms with Crippen LogP contribution in [0.3, 0.4) is 0 Å². The number of nitrogen functional groups attached to an aromatic ring is 1. The van der Waals surface area contributed by atoms with Gasteiger partial charge in [0, 0.05) is 48.8 Å². The first-order valence-electron chi connectivity index (χ1n) is 11.7. The zero-order chi connectivity index (χ0) is 25.9. The van der Waals surface area contributed by atoms with Crippen LogP contribution in [0.5, 0.6) is 0 Å². The monoisotopic (exact) mass is 527 g/mol. The first kappa shape index (κ1) is 26.3. The van der Waals surface area contributed by atoms with E-state index in [2.05, 4.69) is 37.8 Å². The number of hydrogen-bond donors (Lipinski definition) is 4. The summed E-state index contributed by atoms with van der Waals surface area (Å²) >= 11 is 0.